The summed E-state index contributed by atoms with van der Waals surface area (Å²) in [6.07, 6.45) is 7.54. The molecule has 4 saturated carbocycles. The molecule has 0 spiro atoms. The number of ketones is 1. The first kappa shape index (κ1) is 14.3. The number of carbonyl (C=O) groups is 1. The molecule has 0 atom stereocenters. The van der Waals surface area contributed by atoms with Crippen LogP contribution in [0, 0.1) is 37.0 Å². The molecule has 5 rings (SSSR count). The van der Waals surface area contributed by atoms with Gasteiger partial charge in [0.2, 0.25) is 0 Å². The second-order valence-electron chi connectivity index (χ2n) is 8.11. The molecule has 2 nitrogen and oxygen atoms in total. The maximum Gasteiger partial charge on any atom is 0.176 e. The Balaban J connectivity index is 1.47. The molecule has 4 fully saturated rings. The Morgan fingerprint density at radius 2 is 1.68 bits per heavy atom. The molecule has 0 aromatic heterocycles. The van der Waals surface area contributed by atoms with Crippen molar-refractivity contribution in [2.45, 2.75) is 52.4 Å². The van der Waals surface area contributed by atoms with Gasteiger partial charge in [-0.3, -0.25) is 4.79 Å². The number of Topliss-reactive ketones (excluding diaryl/α,β-unsaturated/α-hetero) is 1. The predicted octanol–water partition coefficient (Wildman–Crippen LogP) is 4.47. The molecule has 0 heterocycles. The van der Waals surface area contributed by atoms with Crippen LogP contribution in [0.25, 0.3) is 0 Å². The Morgan fingerprint density at radius 1 is 1.09 bits per heavy atom. The third-order valence-corrected chi connectivity index (χ3v) is 6.54. The second kappa shape index (κ2) is 5.11. The van der Waals surface area contributed by atoms with Crippen molar-refractivity contribution >= 4 is 5.78 Å². The molecule has 0 unspecified atom stereocenters. The van der Waals surface area contributed by atoms with E-state index in [0.29, 0.717) is 5.78 Å². The van der Waals surface area contributed by atoms with E-state index >= 15 is 0 Å². The van der Waals surface area contributed by atoms with E-state index in [1.165, 1.54) is 24.8 Å². The zero-order valence-corrected chi connectivity index (χ0v) is 13.7. The van der Waals surface area contributed by atoms with E-state index in [0.717, 1.165) is 48.3 Å². The number of hydrogen-bond acceptors (Lipinski definition) is 2. The molecule has 0 N–H and O–H groups in total. The van der Waals surface area contributed by atoms with Gasteiger partial charge in [0.15, 0.2) is 5.78 Å². The van der Waals surface area contributed by atoms with Gasteiger partial charge in [-0.2, -0.15) is 0 Å². The molecule has 0 radical (unpaired) electrons. The minimum atomic E-state index is -0.0352. The van der Waals surface area contributed by atoms with Crippen molar-refractivity contribution < 1.29 is 9.53 Å². The van der Waals surface area contributed by atoms with Gasteiger partial charge < -0.3 is 4.74 Å². The molecule has 22 heavy (non-hydrogen) atoms. The van der Waals surface area contributed by atoms with Crippen molar-refractivity contribution in [3.05, 3.63) is 29.3 Å². The van der Waals surface area contributed by atoms with Crippen LogP contribution in [0.4, 0.5) is 0 Å². The van der Waals surface area contributed by atoms with E-state index < -0.39 is 0 Å². The van der Waals surface area contributed by atoms with Gasteiger partial charge in [0, 0.05) is 5.41 Å². The molecule has 4 aliphatic rings. The van der Waals surface area contributed by atoms with Crippen LogP contribution in [-0.4, -0.2) is 12.4 Å². The average Bonchev–Trinajstić information content (AvgIpc) is 2.47. The summed E-state index contributed by atoms with van der Waals surface area (Å²) in [7, 11) is 0. The molecule has 0 aliphatic heterocycles. The third-order valence-electron chi connectivity index (χ3n) is 6.54. The lowest BCUT2D eigenvalue weighted by Gasteiger charge is -2.55. The summed E-state index contributed by atoms with van der Waals surface area (Å²) in [5.41, 5.74) is 2.34. The Kier molecular flexibility index (Phi) is 3.32. The number of rotatable bonds is 4. The third kappa shape index (κ3) is 2.28. The summed E-state index contributed by atoms with van der Waals surface area (Å²) in [5.74, 6) is 3.69. The molecule has 4 aliphatic carbocycles. The van der Waals surface area contributed by atoms with Crippen LogP contribution in [0.5, 0.6) is 5.75 Å². The van der Waals surface area contributed by atoms with Crippen LogP contribution in [0.15, 0.2) is 18.2 Å². The van der Waals surface area contributed by atoms with E-state index in [-0.39, 0.29) is 12.0 Å². The fourth-order valence-corrected chi connectivity index (χ4v) is 5.63. The zero-order chi connectivity index (χ0) is 15.3. The van der Waals surface area contributed by atoms with Gasteiger partial charge in [-0.05, 0) is 87.3 Å². The van der Waals surface area contributed by atoms with Gasteiger partial charge in [0.05, 0.1) is 0 Å². The number of benzene rings is 1. The lowest BCUT2D eigenvalue weighted by Crippen LogP contribution is -2.51. The summed E-state index contributed by atoms with van der Waals surface area (Å²) in [6.45, 7) is 4.42. The lowest BCUT2D eigenvalue weighted by atomic mass is 9.48. The highest BCUT2D eigenvalue weighted by atomic mass is 16.5. The number of hydrogen-bond donors (Lipinski definition) is 0. The van der Waals surface area contributed by atoms with Gasteiger partial charge in [0.1, 0.15) is 12.4 Å². The van der Waals surface area contributed by atoms with Gasteiger partial charge in [-0.25, -0.2) is 0 Å². The van der Waals surface area contributed by atoms with Gasteiger partial charge in [-0.15, -0.1) is 0 Å². The van der Waals surface area contributed by atoms with Crippen molar-refractivity contribution in [1.82, 2.24) is 0 Å². The largest absolute Gasteiger partial charge is 0.486 e. The van der Waals surface area contributed by atoms with E-state index in [2.05, 4.69) is 19.9 Å². The molecule has 2 heteroatoms. The summed E-state index contributed by atoms with van der Waals surface area (Å²) in [5, 5.41) is 0. The van der Waals surface area contributed by atoms with Crippen molar-refractivity contribution in [2.24, 2.45) is 23.2 Å². The first-order chi connectivity index (χ1) is 10.6. The fraction of sp³-hybridized carbons (Fsp3) is 0.650. The fourth-order valence-electron chi connectivity index (χ4n) is 5.63. The van der Waals surface area contributed by atoms with Gasteiger partial charge >= 0.3 is 0 Å². The summed E-state index contributed by atoms with van der Waals surface area (Å²) in [6, 6.07) is 6.07. The molecular weight excluding hydrogens is 272 g/mol. The van der Waals surface area contributed by atoms with Crippen molar-refractivity contribution in [2.75, 3.05) is 6.61 Å². The molecule has 1 aromatic rings. The molecule has 118 valence electrons. The standard InChI is InChI=1S/C20H26O2/c1-13-4-3-5-18(14(13)2)22-12-19(21)20-9-15-6-16(10-20)8-17(7-15)11-20/h3-5,15-17H,6-12H2,1-2H3. The summed E-state index contributed by atoms with van der Waals surface area (Å²) >= 11 is 0. The number of carbonyl (C=O) groups excluding carboxylic acids is 1. The van der Waals surface area contributed by atoms with E-state index in [9.17, 15) is 4.79 Å². The Bertz CT molecular complexity index is 566. The maximum atomic E-state index is 12.9. The van der Waals surface area contributed by atoms with E-state index in [4.69, 9.17) is 4.74 Å². The first-order valence-electron chi connectivity index (χ1n) is 8.78. The molecule has 0 saturated heterocycles. The van der Waals surface area contributed by atoms with Crippen LogP contribution in [0.2, 0.25) is 0 Å². The molecule has 4 bridgehead atoms. The smallest absolute Gasteiger partial charge is 0.176 e. The summed E-state index contributed by atoms with van der Waals surface area (Å²) in [4.78, 5) is 12.9. The Hall–Kier alpha value is -1.31. The molecule has 0 amide bonds. The predicted molar refractivity (Wildman–Crippen MR) is 87.0 cm³/mol. The average molecular weight is 298 g/mol. The Labute approximate surface area is 133 Å². The van der Waals surface area contributed by atoms with Crippen LogP contribution in [0.1, 0.15) is 49.7 Å². The van der Waals surface area contributed by atoms with Gasteiger partial charge in [0.25, 0.3) is 0 Å². The van der Waals surface area contributed by atoms with Crippen molar-refractivity contribution in [3.63, 3.8) is 0 Å². The van der Waals surface area contributed by atoms with Crippen LogP contribution in [-0.2, 0) is 4.79 Å². The molecular formula is C20H26O2. The van der Waals surface area contributed by atoms with Crippen molar-refractivity contribution in [1.29, 1.82) is 0 Å². The molecule has 1 aromatic carbocycles. The minimum Gasteiger partial charge on any atom is -0.486 e. The zero-order valence-electron chi connectivity index (χ0n) is 13.7. The summed E-state index contributed by atoms with van der Waals surface area (Å²) < 4.78 is 5.92. The van der Waals surface area contributed by atoms with Crippen LogP contribution < -0.4 is 4.74 Å². The van der Waals surface area contributed by atoms with Crippen molar-refractivity contribution in [3.8, 4) is 5.75 Å². The minimum absolute atomic E-state index is 0.0352. The highest BCUT2D eigenvalue weighted by Crippen LogP contribution is 2.60. The quantitative estimate of drug-likeness (QED) is 0.820. The topological polar surface area (TPSA) is 26.3 Å². The van der Waals surface area contributed by atoms with E-state index in [1.54, 1.807) is 0 Å². The van der Waals surface area contributed by atoms with E-state index in [1.807, 2.05) is 12.1 Å². The van der Waals surface area contributed by atoms with Crippen LogP contribution >= 0.6 is 0 Å². The first-order valence-corrected chi connectivity index (χ1v) is 8.78. The highest BCUT2D eigenvalue weighted by molar-refractivity contribution is 5.86. The second-order valence-corrected chi connectivity index (χ2v) is 8.11. The normalized spacial score (nSPS) is 35.6. The lowest BCUT2D eigenvalue weighted by molar-refractivity contribution is -0.146. The van der Waals surface area contributed by atoms with Crippen LogP contribution in [0.3, 0.4) is 0 Å². The SMILES string of the molecule is Cc1cccc(OCC(=O)C23CC4CC(CC(C4)C2)C3)c1C. The van der Waals surface area contributed by atoms with Gasteiger partial charge in [-0.1, -0.05) is 12.1 Å². The number of aryl methyl sites for hydroxylation is 1. The number of ether oxygens (including phenoxy) is 1. The maximum absolute atomic E-state index is 12.9. The highest BCUT2D eigenvalue weighted by Gasteiger charge is 2.54. The Morgan fingerprint density at radius 3 is 2.27 bits per heavy atom. The monoisotopic (exact) mass is 298 g/mol.